The van der Waals surface area contributed by atoms with Crippen molar-refractivity contribution < 1.29 is 15.0 Å². The van der Waals surface area contributed by atoms with Crippen LogP contribution in [0.25, 0.3) is 10.9 Å². The SMILES string of the molecule is O=C(O)c1ccccc1Nc1ccc2cccc(O)c2n1. The molecule has 21 heavy (non-hydrogen) atoms. The first-order chi connectivity index (χ1) is 10.1. The lowest BCUT2D eigenvalue weighted by atomic mass is 10.1. The standard InChI is InChI=1S/C16H12N2O3/c19-13-7-3-4-10-8-9-14(18-15(10)13)17-12-6-2-1-5-11(12)16(20)21/h1-9,19H,(H,17,18)(H,20,21). The summed E-state index contributed by atoms with van der Waals surface area (Å²) in [6, 6.07) is 15.3. The number of phenolic OH excluding ortho intramolecular Hbond substituents is 1. The van der Waals surface area contributed by atoms with Crippen LogP contribution in [0.3, 0.4) is 0 Å². The molecule has 0 radical (unpaired) electrons. The van der Waals surface area contributed by atoms with Crippen LogP contribution >= 0.6 is 0 Å². The lowest BCUT2D eigenvalue weighted by Crippen LogP contribution is -2.03. The molecule has 0 aliphatic carbocycles. The highest BCUT2D eigenvalue weighted by Crippen LogP contribution is 2.26. The molecule has 0 atom stereocenters. The number of aromatic nitrogens is 1. The Morgan fingerprint density at radius 3 is 2.62 bits per heavy atom. The van der Waals surface area contributed by atoms with Crippen molar-refractivity contribution in [1.29, 1.82) is 0 Å². The van der Waals surface area contributed by atoms with Crippen LogP contribution in [0.5, 0.6) is 5.75 Å². The van der Waals surface area contributed by atoms with E-state index in [0.717, 1.165) is 5.39 Å². The van der Waals surface area contributed by atoms with Crippen LogP contribution in [0, 0.1) is 0 Å². The molecule has 3 aromatic rings. The highest BCUT2D eigenvalue weighted by molar-refractivity contribution is 5.95. The maximum Gasteiger partial charge on any atom is 0.337 e. The molecule has 1 aromatic heterocycles. The highest BCUT2D eigenvalue weighted by atomic mass is 16.4. The topological polar surface area (TPSA) is 82.5 Å². The van der Waals surface area contributed by atoms with E-state index in [0.29, 0.717) is 17.0 Å². The molecule has 3 N–H and O–H groups in total. The largest absolute Gasteiger partial charge is 0.506 e. The summed E-state index contributed by atoms with van der Waals surface area (Å²) in [7, 11) is 0. The number of phenols is 1. The second-order valence-electron chi connectivity index (χ2n) is 4.52. The van der Waals surface area contributed by atoms with Gasteiger partial charge in [0.25, 0.3) is 0 Å². The number of anilines is 2. The van der Waals surface area contributed by atoms with E-state index in [-0.39, 0.29) is 11.3 Å². The second-order valence-corrected chi connectivity index (χ2v) is 4.52. The Morgan fingerprint density at radius 1 is 1.00 bits per heavy atom. The van der Waals surface area contributed by atoms with Gasteiger partial charge in [0.05, 0.1) is 11.3 Å². The van der Waals surface area contributed by atoms with E-state index in [1.165, 1.54) is 6.07 Å². The monoisotopic (exact) mass is 280 g/mol. The van der Waals surface area contributed by atoms with E-state index < -0.39 is 5.97 Å². The summed E-state index contributed by atoms with van der Waals surface area (Å²) in [6.45, 7) is 0. The molecule has 0 amide bonds. The van der Waals surface area contributed by atoms with Crippen molar-refractivity contribution in [2.45, 2.75) is 0 Å². The fourth-order valence-corrected chi connectivity index (χ4v) is 2.12. The molecule has 5 heteroatoms. The summed E-state index contributed by atoms with van der Waals surface area (Å²) in [6.07, 6.45) is 0. The smallest absolute Gasteiger partial charge is 0.337 e. The van der Waals surface area contributed by atoms with Crippen LogP contribution in [-0.4, -0.2) is 21.2 Å². The number of benzene rings is 2. The maximum absolute atomic E-state index is 11.2. The molecule has 1 heterocycles. The molecule has 104 valence electrons. The average molecular weight is 280 g/mol. The van der Waals surface area contributed by atoms with Crippen molar-refractivity contribution in [3.63, 3.8) is 0 Å². The van der Waals surface area contributed by atoms with Crippen LogP contribution in [0.15, 0.2) is 54.6 Å². The molecule has 0 fully saturated rings. The van der Waals surface area contributed by atoms with Crippen LogP contribution < -0.4 is 5.32 Å². The Balaban J connectivity index is 2.03. The minimum absolute atomic E-state index is 0.0858. The van der Waals surface area contributed by atoms with Crippen molar-refractivity contribution in [1.82, 2.24) is 4.98 Å². The zero-order valence-corrected chi connectivity index (χ0v) is 10.9. The number of hydrogen-bond acceptors (Lipinski definition) is 4. The molecule has 0 spiro atoms. The van der Waals surface area contributed by atoms with Gasteiger partial charge in [0, 0.05) is 5.39 Å². The summed E-state index contributed by atoms with van der Waals surface area (Å²) >= 11 is 0. The molecule has 0 aliphatic heterocycles. The number of para-hydroxylation sites is 2. The third-order valence-electron chi connectivity index (χ3n) is 3.12. The third-order valence-corrected chi connectivity index (χ3v) is 3.12. The fourth-order valence-electron chi connectivity index (χ4n) is 2.12. The molecule has 0 saturated heterocycles. The number of carboxylic acids is 1. The number of rotatable bonds is 3. The quantitative estimate of drug-likeness (QED) is 0.685. The number of nitrogens with one attached hydrogen (secondary N) is 1. The minimum atomic E-state index is -1.01. The van der Waals surface area contributed by atoms with E-state index in [2.05, 4.69) is 10.3 Å². The number of aromatic carboxylic acids is 1. The van der Waals surface area contributed by atoms with Gasteiger partial charge < -0.3 is 15.5 Å². The summed E-state index contributed by atoms with van der Waals surface area (Å²) in [5.41, 5.74) is 1.08. The third kappa shape index (κ3) is 2.49. The molecule has 0 unspecified atom stereocenters. The number of nitrogens with zero attached hydrogens (tertiary/aromatic N) is 1. The van der Waals surface area contributed by atoms with Gasteiger partial charge in [-0.15, -0.1) is 0 Å². The van der Waals surface area contributed by atoms with Crippen molar-refractivity contribution in [2.24, 2.45) is 0 Å². The Kier molecular flexibility index (Phi) is 3.16. The lowest BCUT2D eigenvalue weighted by molar-refractivity contribution is 0.0698. The summed E-state index contributed by atoms with van der Waals surface area (Å²) < 4.78 is 0. The van der Waals surface area contributed by atoms with Crippen molar-refractivity contribution in [2.75, 3.05) is 5.32 Å². The van der Waals surface area contributed by atoms with Gasteiger partial charge in [0.15, 0.2) is 0 Å². The lowest BCUT2D eigenvalue weighted by Gasteiger charge is -2.09. The van der Waals surface area contributed by atoms with Gasteiger partial charge in [-0.3, -0.25) is 0 Å². The van der Waals surface area contributed by atoms with Crippen LogP contribution in [0.2, 0.25) is 0 Å². The van der Waals surface area contributed by atoms with Gasteiger partial charge in [-0.1, -0.05) is 24.3 Å². The molecule has 5 nitrogen and oxygen atoms in total. The highest BCUT2D eigenvalue weighted by Gasteiger charge is 2.10. The van der Waals surface area contributed by atoms with Gasteiger partial charge in [-0.05, 0) is 30.3 Å². The van der Waals surface area contributed by atoms with Gasteiger partial charge in [0.1, 0.15) is 17.1 Å². The first kappa shape index (κ1) is 12.9. The average Bonchev–Trinajstić information content (AvgIpc) is 2.48. The van der Waals surface area contributed by atoms with Gasteiger partial charge in [0.2, 0.25) is 0 Å². The van der Waals surface area contributed by atoms with Crippen LogP contribution in [0.1, 0.15) is 10.4 Å². The number of aromatic hydroxyl groups is 1. The molecular formula is C16H12N2O3. The Hall–Kier alpha value is -3.08. The second kappa shape index (κ2) is 5.13. The summed E-state index contributed by atoms with van der Waals surface area (Å²) in [4.78, 5) is 15.5. The van der Waals surface area contributed by atoms with Gasteiger partial charge in [-0.25, -0.2) is 9.78 Å². The Labute approximate surface area is 120 Å². The molecule has 0 aliphatic rings. The predicted octanol–water partition coefficient (Wildman–Crippen LogP) is 3.38. The van der Waals surface area contributed by atoms with E-state index >= 15 is 0 Å². The van der Waals surface area contributed by atoms with Crippen molar-refractivity contribution >= 4 is 28.4 Å². The van der Waals surface area contributed by atoms with E-state index in [4.69, 9.17) is 5.11 Å². The zero-order valence-electron chi connectivity index (χ0n) is 10.9. The Morgan fingerprint density at radius 2 is 1.81 bits per heavy atom. The normalized spacial score (nSPS) is 10.5. The predicted molar refractivity (Wildman–Crippen MR) is 80.1 cm³/mol. The van der Waals surface area contributed by atoms with Crippen molar-refractivity contribution in [3.05, 3.63) is 60.2 Å². The number of fused-ring (bicyclic) bond motifs is 1. The summed E-state index contributed by atoms with van der Waals surface area (Å²) in [5.74, 6) is -0.456. The number of hydrogen-bond donors (Lipinski definition) is 3. The molecule has 0 saturated carbocycles. The number of pyridine rings is 1. The first-order valence-corrected chi connectivity index (χ1v) is 6.33. The van der Waals surface area contributed by atoms with E-state index in [1.54, 1.807) is 36.4 Å². The summed E-state index contributed by atoms with van der Waals surface area (Å²) in [5, 5.41) is 22.8. The van der Waals surface area contributed by atoms with Crippen molar-refractivity contribution in [3.8, 4) is 5.75 Å². The molecule has 0 bridgehead atoms. The maximum atomic E-state index is 11.2. The van der Waals surface area contributed by atoms with E-state index in [9.17, 15) is 9.90 Å². The molecule has 2 aromatic carbocycles. The number of carbonyl (C=O) groups is 1. The first-order valence-electron chi connectivity index (χ1n) is 6.33. The van der Waals surface area contributed by atoms with Gasteiger partial charge in [-0.2, -0.15) is 0 Å². The van der Waals surface area contributed by atoms with Crippen LogP contribution in [-0.2, 0) is 0 Å². The molecule has 3 rings (SSSR count). The minimum Gasteiger partial charge on any atom is -0.506 e. The fraction of sp³-hybridized carbons (Fsp3) is 0. The van der Waals surface area contributed by atoms with E-state index in [1.807, 2.05) is 12.1 Å². The Bertz CT molecular complexity index is 831. The number of carboxylic acid groups (broad SMARTS) is 1. The van der Waals surface area contributed by atoms with Gasteiger partial charge >= 0.3 is 5.97 Å². The zero-order chi connectivity index (χ0) is 14.8. The molecular weight excluding hydrogens is 268 g/mol. The van der Waals surface area contributed by atoms with Crippen LogP contribution in [0.4, 0.5) is 11.5 Å².